The molecular formula is C10H16O2S. The van der Waals surface area contributed by atoms with Gasteiger partial charge in [-0.05, 0) is 29.3 Å². The van der Waals surface area contributed by atoms with Crippen molar-refractivity contribution in [2.45, 2.75) is 25.7 Å². The molecule has 1 aliphatic heterocycles. The highest BCUT2D eigenvalue weighted by Gasteiger charge is 2.37. The largest absolute Gasteiger partial charge is 0.481 e. The molecule has 3 heteroatoms. The molecule has 0 amide bonds. The maximum absolute atomic E-state index is 10.7. The lowest BCUT2D eigenvalue weighted by Gasteiger charge is -2.41. The van der Waals surface area contributed by atoms with Gasteiger partial charge >= 0.3 is 5.97 Å². The molecular weight excluding hydrogens is 184 g/mol. The number of aliphatic carboxylic acids is 1. The molecule has 1 N–H and O–H groups in total. The Labute approximate surface area is 83.1 Å². The molecule has 13 heavy (non-hydrogen) atoms. The van der Waals surface area contributed by atoms with E-state index in [0.717, 1.165) is 5.92 Å². The molecule has 2 rings (SSSR count). The Balaban J connectivity index is 1.88. The van der Waals surface area contributed by atoms with Crippen molar-refractivity contribution >= 4 is 17.7 Å². The van der Waals surface area contributed by atoms with E-state index in [1.54, 1.807) is 0 Å². The highest BCUT2D eigenvalue weighted by molar-refractivity contribution is 8.00. The van der Waals surface area contributed by atoms with Crippen LogP contribution in [0, 0.1) is 17.8 Å². The van der Waals surface area contributed by atoms with Gasteiger partial charge in [0.25, 0.3) is 0 Å². The van der Waals surface area contributed by atoms with Crippen LogP contribution in [0.2, 0.25) is 0 Å². The molecule has 2 aliphatic rings. The third-order valence-corrected chi connectivity index (χ3v) is 4.76. The van der Waals surface area contributed by atoms with E-state index in [9.17, 15) is 4.79 Å². The molecule has 0 spiro atoms. The fraction of sp³-hybridized carbons (Fsp3) is 0.900. The van der Waals surface area contributed by atoms with Crippen molar-refractivity contribution in [3.63, 3.8) is 0 Å². The summed E-state index contributed by atoms with van der Waals surface area (Å²) in [6.07, 6.45) is 4.29. The summed E-state index contributed by atoms with van der Waals surface area (Å²) in [4.78, 5) is 10.7. The van der Waals surface area contributed by atoms with Crippen molar-refractivity contribution in [1.29, 1.82) is 0 Å². The number of hydrogen-bond acceptors (Lipinski definition) is 2. The monoisotopic (exact) mass is 200 g/mol. The molecule has 1 aliphatic carbocycles. The van der Waals surface area contributed by atoms with E-state index in [1.165, 1.54) is 30.8 Å². The Bertz CT molecular complexity index is 183. The first-order chi connectivity index (χ1) is 6.27. The van der Waals surface area contributed by atoms with Crippen molar-refractivity contribution < 1.29 is 9.90 Å². The third kappa shape index (κ3) is 2.01. The lowest BCUT2D eigenvalue weighted by molar-refractivity contribution is -0.139. The second-order valence-electron chi connectivity index (χ2n) is 4.25. The van der Waals surface area contributed by atoms with E-state index in [-0.39, 0.29) is 0 Å². The molecule has 2 fully saturated rings. The van der Waals surface area contributed by atoms with Gasteiger partial charge in [0.2, 0.25) is 0 Å². The van der Waals surface area contributed by atoms with Crippen molar-refractivity contribution in [1.82, 2.24) is 0 Å². The number of carboxylic acids is 1. The van der Waals surface area contributed by atoms with E-state index in [4.69, 9.17) is 5.11 Å². The molecule has 0 aromatic carbocycles. The second kappa shape index (κ2) is 3.91. The van der Waals surface area contributed by atoms with Crippen LogP contribution in [-0.2, 0) is 4.79 Å². The predicted octanol–water partition coefficient (Wildman–Crippen LogP) is 2.24. The lowest BCUT2D eigenvalue weighted by Crippen LogP contribution is -2.36. The molecule has 2 nitrogen and oxygen atoms in total. The minimum absolute atomic E-state index is 0.413. The van der Waals surface area contributed by atoms with Gasteiger partial charge < -0.3 is 5.11 Å². The number of carboxylic acid groups (broad SMARTS) is 1. The van der Waals surface area contributed by atoms with Crippen LogP contribution in [0.25, 0.3) is 0 Å². The first-order valence-corrected chi connectivity index (χ1v) is 6.22. The topological polar surface area (TPSA) is 37.3 Å². The van der Waals surface area contributed by atoms with Gasteiger partial charge in [0, 0.05) is 6.42 Å². The van der Waals surface area contributed by atoms with E-state index in [1.807, 2.05) is 11.8 Å². The third-order valence-electron chi connectivity index (χ3n) is 3.44. The molecule has 1 unspecified atom stereocenters. The number of hydrogen-bond donors (Lipinski definition) is 1. The summed E-state index contributed by atoms with van der Waals surface area (Å²) in [6, 6.07) is 0. The van der Waals surface area contributed by atoms with Crippen LogP contribution in [0.4, 0.5) is 0 Å². The standard InChI is InChI=1S/C10H16O2S/c11-10(12)4-9(7-2-1-3-7)8-5-13-6-8/h7-9H,1-6H2,(H,11,12). The van der Waals surface area contributed by atoms with Crippen LogP contribution in [0.5, 0.6) is 0 Å². The van der Waals surface area contributed by atoms with E-state index in [0.29, 0.717) is 18.3 Å². The zero-order valence-electron chi connectivity index (χ0n) is 7.74. The van der Waals surface area contributed by atoms with Gasteiger partial charge in [-0.2, -0.15) is 11.8 Å². The second-order valence-corrected chi connectivity index (χ2v) is 5.33. The predicted molar refractivity (Wildman–Crippen MR) is 53.9 cm³/mol. The highest BCUT2D eigenvalue weighted by Crippen LogP contribution is 2.44. The Morgan fingerprint density at radius 3 is 2.38 bits per heavy atom. The van der Waals surface area contributed by atoms with Gasteiger partial charge in [-0.15, -0.1) is 0 Å². The lowest BCUT2D eigenvalue weighted by atomic mass is 9.70. The molecule has 0 aromatic heterocycles. The average Bonchev–Trinajstić information content (AvgIpc) is 1.75. The molecule has 0 bridgehead atoms. The zero-order chi connectivity index (χ0) is 9.26. The summed E-state index contributed by atoms with van der Waals surface area (Å²) in [7, 11) is 0. The summed E-state index contributed by atoms with van der Waals surface area (Å²) in [5, 5.41) is 8.81. The summed E-state index contributed by atoms with van der Waals surface area (Å²) in [5.74, 6) is 3.75. The van der Waals surface area contributed by atoms with Crippen LogP contribution in [0.15, 0.2) is 0 Å². The van der Waals surface area contributed by atoms with Gasteiger partial charge in [-0.3, -0.25) is 4.79 Å². The van der Waals surface area contributed by atoms with Gasteiger partial charge in [0.15, 0.2) is 0 Å². The molecule has 1 atom stereocenters. The molecule has 0 aromatic rings. The minimum Gasteiger partial charge on any atom is -0.481 e. The Morgan fingerprint density at radius 1 is 1.38 bits per heavy atom. The Morgan fingerprint density at radius 2 is 2.08 bits per heavy atom. The van der Waals surface area contributed by atoms with Crippen molar-refractivity contribution in [2.75, 3.05) is 11.5 Å². The Hall–Kier alpha value is -0.180. The maximum atomic E-state index is 10.7. The molecule has 1 saturated carbocycles. The number of thioether (sulfide) groups is 1. The fourth-order valence-corrected chi connectivity index (χ4v) is 3.29. The zero-order valence-corrected chi connectivity index (χ0v) is 8.55. The SMILES string of the molecule is O=C(O)CC(C1CCC1)C1CSC1. The van der Waals surface area contributed by atoms with Crippen molar-refractivity contribution in [3.05, 3.63) is 0 Å². The first kappa shape index (κ1) is 9.38. The van der Waals surface area contributed by atoms with Crippen LogP contribution in [0.3, 0.4) is 0 Å². The number of carbonyl (C=O) groups is 1. The molecule has 1 heterocycles. The summed E-state index contributed by atoms with van der Waals surface area (Å²) < 4.78 is 0. The smallest absolute Gasteiger partial charge is 0.303 e. The maximum Gasteiger partial charge on any atom is 0.303 e. The minimum atomic E-state index is -0.603. The number of rotatable bonds is 4. The molecule has 1 saturated heterocycles. The average molecular weight is 200 g/mol. The quantitative estimate of drug-likeness (QED) is 0.756. The van der Waals surface area contributed by atoms with E-state index >= 15 is 0 Å². The van der Waals surface area contributed by atoms with Gasteiger partial charge in [-0.25, -0.2) is 0 Å². The van der Waals surface area contributed by atoms with E-state index in [2.05, 4.69) is 0 Å². The molecule has 0 radical (unpaired) electrons. The van der Waals surface area contributed by atoms with Crippen molar-refractivity contribution in [2.24, 2.45) is 17.8 Å². The van der Waals surface area contributed by atoms with Crippen LogP contribution < -0.4 is 0 Å². The van der Waals surface area contributed by atoms with Gasteiger partial charge in [-0.1, -0.05) is 19.3 Å². The van der Waals surface area contributed by atoms with Gasteiger partial charge in [0.1, 0.15) is 0 Å². The summed E-state index contributed by atoms with van der Waals surface area (Å²) >= 11 is 1.96. The summed E-state index contributed by atoms with van der Waals surface area (Å²) in [6.45, 7) is 0. The van der Waals surface area contributed by atoms with Crippen molar-refractivity contribution in [3.8, 4) is 0 Å². The fourth-order valence-electron chi connectivity index (χ4n) is 2.29. The van der Waals surface area contributed by atoms with Gasteiger partial charge in [0.05, 0.1) is 0 Å². The van der Waals surface area contributed by atoms with Crippen LogP contribution in [0.1, 0.15) is 25.7 Å². The molecule has 74 valence electrons. The highest BCUT2D eigenvalue weighted by atomic mass is 32.2. The van der Waals surface area contributed by atoms with Crippen LogP contribution in [-0.4, -0.2) is 22.6 Å². The van der Waals surface area contributed by atoms with E-state index < -0.39 is 5.97 Å². The normalized spacial score (nSPS) is 26.2. The Kier molecular flexibility index (Phi) is 2.82. The van der Waals surface area contributed by atoms with Crippen LogP contribution >= 0.6 is 11.8 Å². The summed E-state index contributed by atoms with van der Waals surface area (Å²) in [5.41, 5.74) is 0. The first-order valence-electron chi connectivity index (χ1n) is 5.07.